The van der Waals surface area contributed by atoms with Crippen molar-refractivity contribution in [3.8, 4) is 0 Å². The van der Waals surface area contributed by atoms with Gasteiger partial charge in [0.25, 0.3) is 5.91 Å². The largest absolute Gasteiger partial charge is 0.513 e. The molecule has 0 fully saturated rings. The number of quaternary nitrogens is 1. The minimum atomic E-state index is -1.58. The predicted octanol–water partition coefficient (Wildman–Crippen LogP) is 1.05. The number of hydrogen-bond donors (Lipinski definition) is 2. The highest BCUT2D eigenvalue weighted by Gasteiger charge is 2.37. The Hall–Kier alpha value is -0.520. The number of carboxylic acid groups (broad SMARTS) is 1. The summed E-state index contributed by atoms with van der Waals surface area (Å²) >= 11 is 11.5. The molecule has 0 aliphatic heterocycles. The van der Waals surface area contributed by atoms with Gasteiger partial charge in [0.2, 0.25) is 4.33 Å². The maximum Gasteiger partial charge on any atom is 0.513 e. The summed E-state index contributed by atoms with van der Waals surface area (Å²) in [7, 11) is 4.41. The van der Waals surface area contributed by atoms with E-state index in [2.05, 4.69) is 5.32 Å². The van der Waals surface area contributed by atoms with Gasteiger partial charge in [-0.2, -0.15) is 4.79 Å². The van der Waals surface area contributed by atoms with E-state index < -0.39 is 16.3 Å². The second kappa shape index (κ2) is 5.01. The van der Waals surface area contributed by atoms with Gasteiger partial charge in [-0.05, 0) is 0 Å². The van der Waals surface area contributed by atoms with Crippen molar-refractivity contribution in [1.82, 2.24) is 5.32 Å². The van der Waals surface area contributed by atoms with E-state index in [4.69, 9.17) is 28.3 Å². The van der Waals surface area contributed by atoms with Crippen molar-refractivity contribution in [3.05, 3.63) is 0 Å². The van der Waals surface area contributed by atoms with Gasteiger partial charge < -0.3 is 10.4 Å². The Bertz CT molecular complexity index is 267. The average Bonchev–Trinajstić information content (AvgIpc) is 2.13. The third-order valence-electron chi connectivity index (χ3n) is 2.06. The van der Waals surface area contributed by atoms with Crippen LogP contribution in [0.25, 0.3) is 0 Å². The van der Waals surface area contributed by atoms with Crippen molar-refractivity contribution in [1.29, 1.82) is 0 Å². The third-order valence-corrected chi connectivity index (χ3v) is 2.78. The van der Waals surface area contributed by atoms with Crippen molar-refractivity contribution in [2.24, 2.45) is 0 Å². The molecule has 0 aromatic rings. The van der Waals surface area contributed by atoms with Crippen LogP contribution in [0.5, 0.6) is 0 Å². The zero-order chi connectivity index (χ0) is 12.3. The summed E-state index contributed by atoms with van der Waals surface area (Å²) in [6.45, 7) is 0.162. The standard InChI is InChI=1S/C8H14Cl2N2O3/c1-11-6(13)8(9,10)4-5-12(2,3)7(14)15/h4-5H2,1-3H3,(H-,11,13,14,15)/p+1. The highest BCUT2D eigenvalue weighted by atomic mass is 35.5. The Balaban J connectivity index is 4.39. The summed E-state index contributed by atoms with van der Waals surface area (Å²) < 4.78 is -1.88. The highest BCUT2D eigenvalue weighted by Crippen LogP contribution is 2.26. The molecular formula is C8H15Cl2N2O3+. The molecule has 0 unspecified atom stereocenters. The molecule has 15 heavy (non-hydrogen) atoms. The van der Waals surface area contributed by atoms with Gasteiger partial charge in [-0.25, -0.2) is 4.48 Å². The van der Waals surface area contributed by atoms with Gasteiger partial charge >= 0.3 is 6.09 Å². The number of carbonyl (C=O) groups is 2. The number of amides is 2. The lowest BCUT2D eigenvalue weighted by Gasteiger charge is -2.25. The molecule has 0 saturated heterocycles. The molecule has 0 aliphatic carbocycles. The van der Waals surface area contributed by atoms with Crippen molar-refractivity contribution < 1.29 is 19.2 Å². The van der Waals surface area contributed by atoms with Gasteiger partial charge in [0, 0.05) is 13.5 Å². The molecule has 2 N–H and O–H groups in total. The van der Waals surface area contributed by atoms with E-state index in [0.29, 0.717) is 0 Å². The summed E-state index contributed by atoms with van der Waals surface area (Å²) in [4.78, 5) is 22.0. The highest BCUT2D eigenvalue weighted by molar-refractivity contribution is 6.58. The molecule has 0 rings (SSSR count). The van der Waals surface area contributed by atoms with Crippen LogP contribution in [0.15, 0.2) is 0 Å². The topological polar surface area (TPSA) is 66.4 Å². The second-order valence-electron chi connectivity index (χ2n) is 3.72. The van der Waals surface area contributed by atoms with Crippen LogP contribution in [-0.4, -0.2) is 53.6 Å². The minimum Gasteiger partial charge on any atom is -0.435 e. The summed E-state index contributed by atoms with van der Waals surface area (Å²) in [6.07, 6.45) is -0.939. The number of hydrogen-bond acceptors (Lipinski definition) is 2. The van der Waals surface area contributed by atoms with Crippen molar-refractivity contribution in [2.75, 3.05) is 27.7 Å². The fourth-order valence-corrected chi connectivity index (χ4v) is 1.17. The quantitative estimate of drug-likeness (QED) is 0.585. The lowest BCUT2D eigenvalue weighted by atomic mass is 10.2. The second-order valence-corrected chi connectivity index (χ2v) is 5.21. The fraction of sp³-hybridized carbons (Fsp3) is 0.750. The monoisotopic (exact) mass is 257 g/mol. The van der Waals surface area contributed by atoms with Gasteiger partial charge in [-0.3, -0.25) is 4.79 Å². The zero-order valence-corrected chi connectivity index (χ0v) is 10.4. The third kappa shape index (κ3) is 4.24. The maximum absolute atomic E-state index is 11.2. The van der Waals surface area contributed by atoms with Crippen LogP contribution in [0.3, 0.4) is 0 Å². The first-order valence-corrected chi connectivity index (χ1v) is 5.05. The molecule has 2 amide bonds. The van der Waals surface area contributed by atoms with Crippen molar-refractivity contribution >= 4 is 35.2 Å². The average molecular weight is 258 g/mol. The van der Waals surface area contributed by atoms with Crippen LogP contribution < -0.4 is 5.32 Å². The van der Waals surface area contributed by atoms with Crippen LogP contribution >= 0.6 is 23.2 Å². The summed E-state index contributed by atoms with van der Waals surface area (Å²) in [5.41, 5.74) is 0. The molecular weight excluding hydrogens is 243 g/mol. The van der Waals surface area contributed by atoms with Crippen LogP contribution in [0.1, 0.15) is 6.42 Å². The van der Waals surface area contributed by atoms with Crippen LogP contribution in [0, 0.1) is 0 Å². The Labute approximate surface area is 98.5 Å². The molecule has 0 bridgehead atoms. The number of rotatable bonds is 4. The molecule has 0 aliphatic rings. The molecule has 0 aromatic heterocycles. The lowest BCUT2D eigenvalue weighted by Crippen LogP contribution is -2.48. The molecule has 5 nitrogen and oxygen atoms in total. The fourth-order valence-electron chi connectivity index (χ4n) is 0.812. The van der Waals surface area contributed by atoms with Crippen LogP contribution in [-0.2, 0) is 4.79 Å². The van der Waals surface area contributed by atoms with E-state index in [0.717, 1.165) is 0 Å². The van der Waals surface area contributed by atoms with Crippen LogP contribution in [0.4, 0.5) is 4.79 Å². The minimum absolute atomic E-state index is 0.0646. The van der Waals surface area contributed by atoms with Crippen LogP contribution in [0.2, 0.25) is 0 Å². The van der Waals surface area contributed by atoms with E-state index >= 15 is 0 Å². The Morgan fingerprint density at radius 3 is 2.20 bits per heavy atom. The Morgan fingerprint density at radius 2 is 1.87 bits per heavy atom. The Morgan fingerprint density at radius 1 is 1.40 bits per heavy atom. The smallest absolute Gasteiger partial charge is 0.435 e. The molecule has 0 heterocycles. The number of carbonyl (C=O) groups excluding carboxylic acids is 1. The lowest BCUT2D eigenvalue weighted by molar-refractivity contribution is -0.816. The molecule has 0 saturated carbocycles. The van der Waals surface area contributed by atoms with Crippen molar-refractivity contribution in [3.63, 3.8) is 0 Å². The molecule has 0 radical (unpaired) electrons. The van der Waals surface area contributed by atoms with Crippen molar-refractivity contribution in [2.45, 2.75) is 10.8 Å². The maximum atomic E-state index is 11.2. The zero-order valence-electron chi connectivity index (χ0n) is 8.88. The first kappa shape index (κ1) is 14.5. The summed E-state index contributed by atoms with van der Waals surface area (Å²) in [6, 6.07) is 0. The number of nitrogens with one attached hydrogen (secondary N) is 1. The number of nitrogens with zero attached hydrogens (tertiary/aromatic N) is 1. The van der Waals surface area contributed by atoms with E-state index in [1.165, 1.54) is 21.1 Å². The van der Waals surface area contributed by atoms with E-state index in [9.17, 15) is 9.59 Å². The van der Waals surface area contributed by atoms with E-state index in [1.807, 2.05) is 0 Å². The first-order valence-electron chi connectivity index (χ1n) is 4.30. The van der Waals surface area contributed by atoms with E-state index in [-0.39, 0.29) is 17.4 Å². The summed E-state index contributed by atoms with van der Waals surface area (Å²) in [5.74, 6) is -0.531. The predicted molar refractivity (Wildman–Crippen MR) is 58.1 cm³/mol. The molecule has 0 aromatic carbocycles. The number of alkyl halides is 2. The van der Waals surface area contributed by atoms with Gasteiger partial charge in [0.05, 0.1) is 20.6 Å². The first-order chi connectivity index (χ1) is 6.63. The van der Waals surface area contributed by atoms with E-state index in [1.54, 1.807) is 0 Å². The van der Waals surface area contributed by atoms with Gasteiger partial charge in [0.1, 0.15) is 0 Å². The summed E-state index contributed by atoms with van der Waals surface area (Å²) in [5, 5.41) is 11.1. The van der Waals surface area contributed by atoms with Gasteiger partial charge in [-0.15, -0.1) is 0 Å². The molecule has 7 heteroatoms. The molecule has 0 atom stereocenters. The van der Waals surface area contributed by atoms with Gasteiger partial charge in [0.15, 0.2) is 0 Å². The molecule has 0 spiro atoms. The molecule has 88 valence electrons. The SMILES string of the molecule is CNC(=O)C(Cl)(Cl)CC[N+](C)(C)C(=O)O. The number of halogens is 2. The Kier molecular flexibility index (Phi) is 4.83. The van der Waals surface area contributed by atoms with Gasteiger partial charge in [-0.1, -0.05) is 23.2 Å². The normalized spacial score (nSPS) is 12.3.